The number of rotatable bonds is 6. The Morgan fingerprint density at radius 3 is 2.30 bits per heavy atom. The third kappa shape index (κ3) is 4.75. The first-order valence-corrected chi connectivity index (χ1v) is 12.0. The molecule has 7 nitrogen and oxygen atoms in total. The minimum atomic E-state index is -3.71. The van der Waals surface area contributed by atoms with Crippen molar-refractivity contribution in [1.29, 1.82) is 0 Å². The molecule has 156 valence electrons. The van der Waals surface area contributed by atoms with Crippen molar-refractivity contribution in [2.45, 2.75) is 23.6 Å². The lowest BCUT2D eigenvalue weighted by molar-refractivity contribution is 0.102. The van der Waals surface area contributed by atoms with Crippen LogP contribution in [0.5, 0.6) is 0 Å². The van der Waals surface area contributed by atoms with Crippen LogP contribution >= 0.6 is 11.3 Å². The van der Waals surface area contributed by atoms with Crippen LogP contribution in [0.4, 0.5) is 5.13 Å². The van der Waals surface area contributed by atoms with Crippen LogP contribution in [-0.2, 0) is 16.4 Å². The van der Waals surface area contributed by atoms with Gasteiger partial charge in [-0.1, -0.05) is 59.9 Å². The number of amides is 1. The number of carbonyl (C=O) groups is 1. The number of aromatic nitrogens is 2. The number of hydrogen-bond acceptors (Lipinski definition) is 6. The van der Waals surface area contributed by atoms with Crippen LogP contribution in [-0.4, -0.2) is 41.9 Å². The summed E-state index contributed by atoms with van der Waals surface area (Å²) in [5.41, 5.74) is 1.75. The zero-order chi connectivity index (χ0) is 21.0. The van der Waals surface area contributed by atoms with Crippen molar-refractivity contribution in [2.24, 2.45) is 5.92 Å². The summed E-state index contributed by atoms with van der Waals surface area (Å²) in [6.45, 7) is 0.927. The van der Waals surface area contributed by atoms with E-state index in [0.717, 1.165) is 30.6 Å². The first-order chi connectivity index (χ1) is 14.5. The van der Waals surface area contributed by atoms with Gasteiger partial charge in [-0.2, -0.15) is 4.31 Å². The Bertz CT molecular complexity index is 1090. The molecule has 30 heavy (non-hydrogen) atoms. The van der Waals surface area contributed by atoms with Gasteiger partial charge in [0.15, 0.2) is 0 Å². The van der Waals surface area contributed by atoms with Crippen LogP contribution < -0.4 is 5.32 Å². The van der Waals surface area contributed by atoms with E-state index in [1.807, 2.05) is 24.3 Å². The van der Waals surface area contributed by atoms with Crippen molar-refractivity contribution in [1.82, 2.24) is 14.5 Å². The molecule has 1 aromatic heterocycles. The molecule has 0 radical (unpaired) electrons. The summed E-state index contributed by atoms with van der Waals surface area (Å²) in [7, 11) is -3.71. The molecule has 0 atom stereocenters. The Balaban J connectivity index is 1.37. The molecule has 0 bridgehead atoms. The maximum atomic E-state index is 12.9. The van der Waals surface area contributed by atoms with Gasteiger partial charge in [0.05, 0.1) is 0 Å². The molecule has 1 fully saturated rings. The van der Waals surface area contributed by atoms with Crippen molar-refractivity contribution in [2.75, 3.05) is 18.4 Å². The van der Waals surface area contributed by atoms with Crippen LogP contribution in [0.25, 0.3) is 0 Å². The summed E-state index contributed by atoms with van der Waals surface area (Å²) in [6, 6.07) is 18.9. The maximum Gasteiger partial charge on any atom is 0.272 e. The van der Waals surface area contributed by atoms with Gasteiger partial charge in [0, 0.05) is 18.7 Å². The largest absolute Gasteiger partial charge is 0.296 e. The minimum Gasteiger partial charge on any atom is -0.296 e. The first kappa shape index (κ1) is 20.6. The van der Waals surface area contributed by atoms with E-state index in [9.17, 15) is 13.2 Å². The lowest BCUT2D eigenvalue weighted by atomic mass is 9.91. The van der Waals surface area contributed by atoms with Gasteiger partial charge in [0.25, 0.3) is 15.9 Å². The number of benzene rings is 2. The van der Waals surface area contributed by atoms with Gasteiger partial charge < -0.3 is 0 Å². The van der Waals surface area contributed by atoms with Crippen LogP contribution in [0.2, 0.25) is 0 Å². The molecule has 1 amide bonds. The summed E-state index contributed by atoms with van der Waals surface area (Å²) in [6.07, 6.45) is 2.58. The number of sulfonamides is 1. The molecule has 0 saturated carbocycles. The number of piperidine rings is 1. The zero-order valence-electron chi connectivity index (χ0n) is 16.3. The smallest absolute Gasteiger partial charge is 0.272 e. The summed E-state index contributed by atoms with van der Waals surface area (Å²) in [5, 5.41) is 10.4. The average Bonchev–Trinajstić information content (AvgIpc) is 3.25. The van der Waals surface area contributed by atoms with E-state index in [4.69, 9.17) is 0 Å². The summed E-state index contributed by atoms with van der Waals surface area (Å²) < 4.78 is 27.3. The number of anilines is 1. The molecule has 0 spiro atoms. The van der Waals surface area contributed by atoms with Crippen LogP contribution in [0, 0.1) is 5.92 Å². The standard InChI is InChI=1S/C21H22N4O3S2/c26-19(18-9-5-2-6-10-18)22-20-23-24-21(29-20)30(27,28)25-13-11-17(12-14-25)15-16-7-3-1-4-8-16/h1-10,17H,11-15H2,(H,22,23,26). The molecule has 1 N–H and O–H groups in total. The Morgan fingerprint density at radius 1 is 1.00 bits per heavy atom. The van der Waals surface area contributed by atoms with Gasteiger partial charge in [-0.3, -0.25) is 10.1 Å². The Labute approximate surface area is 179 Å². The summed E-state index contributed by atoms with van der Waals surface area (Å²) in [4.78, 5) is 12.2. The lowest BCUT2D eigenvalue weighted by Crippen LogP contribution is -2.38. The van der Waals surface area contributed by atoms with Gasteiger partial charge in [0.2, 0.25) is 9.47 Å². The van der Waals surface area contributed by atoms with Crippen molar-refractivity contribution >= 4 is 32.4 Å². The molecule has 0 unspecified atom stereocenters. The number of hydrogen-bond donors (Lipinski definition) is 1. The highest BCUT2D eigenvalue weighted by Crippen LogP contribution is 2.28. The van der Waals surface area contributed by atoms with E-state index in [0.29, 0.717) is 24.6 Å². The molecule has 2 aromatic carbocycles. The Hall–Kier alpha value is -2.62. The number of nitrogens with zero attached hydrogens (tertiary/aromatic N) is 3. The molecule has 2 heterocycles. The van der Waals surface area contributed by atoms with Gasteiger partial charge in [-0.25, -0.2) is 8.42 Å². The molecule has 1 aliphatic rings. The molecule has 3 aromatic rings. The molecule has 9 heteroatoms. The highest BCUT2D eigenvalue weighted by molar-refractivity contribution is 7.91. The number of nitrogens with one attached hydrogen (secondary N) is 1. The van der Waals surface area contributed by atoms with Gasteiger partial charge in [0.1, 0.15) is 0 Å². The van der Waals surface area contributed by atoms with E-state index in [2.05, 4.69) is 27.6 Å². The van der Waals surface area contributed by atoms with Gasteiger partial charge >= 0.3 is 0 Å². The number of carbonyl (C=O) groups excluding carboxylic acids is 1. The third-order valence-electron chi connectivity index (χ3n) is 5.16. The van der Waals surface area contributed by atoms with Crippen molar-refractivity contribution in [3.8, 4) is 0 Å². The monoisotopic (exact) mass is 442 g/mol. The van der Waals surface area contributed by atoms with Crippen molar-refractivity contribution < 1.29 is 13.2 Å². The highest BCUT2D eigenvalue weighted by atomic mass is 32.2. The van der Waals surface area contributed by atoms with Crippen LogP contribution in [0.15, 0.2) is 65.0 Å². The van der Waals surface area contributed by atoms with Crippen LogP contribution in [0.3, 0.4) is 0 Å². The normalized spacial score (nSPS) is 15.7. The maximum absolute atomic E-state index is 12.9. The van der Waals surface area contributed by atoms with Crippen molar-refractivity contribution in [3.05, 3.63) is 71.8 Å². The first-order valence-electron chi connectivity index (χ1n) is 9.76. The second-order valence-corrected chi connectivity index (χ2v) is 10.3. The van der Waals surface area contributed by atoms with E-state index in [-0.39, 0.29) is 15.4 Å². The van der Waals surface area contributed by atoms with E-state index < -0.39 is 10.0 Å². The van der Waals surface area contributed by atoms with Gasteiger partial charge in [-0.05, 0) is 42.9 Å². The molecule has 0 aliphatic carbocycles. The molecule has 1 aliphatic heterocycles. The highest BCUT2D eigenvalue weighted by Gasteiger charge is 2.32. The van der Waals surface area contributed by atoms with E-state index in [1.165, 1.54) is 9.87 Å². The van der Waals surface area contributed by atoms with Crippen LogP contribution in [0.1, 0.15) is 28.8 Å². The second-order valence-electron chi connectivity index (χ2n) is 7.23. The predicted molar refractivity (Wildman–Crippen MR) is 116 cm³/mol. The molecule has 4 rings (SSSR count). The summed E-state index contributed by atoms with van der Waals surface area (Å²) in [5.74, 6) is 0.117. The fraction of sp³-hybridized carbons (Fsp3) is 0.286. The van der Waals surface area contributed by atoms with E-state index >= 15 is 0 Å². The fourth-order valence-corrected chi connectivity index (χ4v) is 6.04. The molecular formula is C21H22N4O3S2. The van der Waals surface area contributed by atoms with Gasteiger partial charge in [-0.15, -0.1) is 10.2 Å². The van der Waals surface area contributed by atoms with Crippen molar-refractivity contribution in [3.63, 3.8) is 0 Å². The Kier molecular flexibility index (Phi) is 6.21. The minimum absolute atomic E-state index is 0.0904. The average molecular weight is 443 g/mol. The Morgan fingerprint density at radius 2 is 1.63 bits per heavy atom. The third-order valence-corrected chi connectivity index (χ3v) is 8.25. The second kappa shape index (κ2) is 9.03. The quantitative estimate of drug-likeness (QED) is 0.591. The lowest BCUT2D eigenvalue weighted by Gasteiger charge is -2.30. The molecular weight excluding hydrogens is 420 g/mol. The summed E-state index contributed by atoms with van der Waals surface area (Å²) >= 11 is 0.876. The topological polar surface area (TPSA) is 92.3 Å². The zero-order valence-corrected chi connectivity index (χ0v) is 17.9. The fourth-order valence-electron chi connectivity index (χ4n) is 3.53. The van der Waals surface area contributed by atoms with E-state index in [1.54, 1.807) is 24.3 Å². The SMILES string of the molecule is O=C(Nc1nnc(S(=O)(=O)N2CCC(Cc3ccccc3)CC2)s1)c1ccccc1. The molecule has 1 saturated heterocycles. The predicted octanol–water partition coefficient (Wildman–Crippen LogP) is 3.43.